The molecule has 6 heteroatoms. The molecule has 3 rings (SSSR count). The molecule has 0 saturated carbocycles. The summed E-state index contributed by atoms with van der Waals surface area (Å²) in [6, 6.07) is 18.4. The van der Waals surface area contributed by atoms with Gasteiger partial charge in [0.2, 0.25) is 0 Å². The maximum Gasteiger partial charge on any atom is 0.337 e. The van der Waals surface area contributed by atoms with E-state index in [1.54, 1.807) is 37.3 Å². The van der Waals surface area contributed by atoms with Gasteiger partial charge in [0.15, 0.2) is 0 Å². The van der Waals surface area contributed by atoms with Crippen molar-refractivity contribution in [2.75, 3.05) is 17.3 Å². The fourth-order valence-electron chi connectivity index (χ4n) is 2.49. The first kappa shape index (κ1) is 16.4. The van der Waals surface area contributed by atoms with Crippen LogP contribution in [0.2, 0.25) is 0 Å². The fourth-order valence-corrected chi connectivity index (χ4v) is 2.49. The molecule has 0 bridgehead atoms. The Balaban J connectivity index is 1.94. The number of rotatable bonds is 5. The molecule has 0 saturated heterocycles. The fraction of sp³-hybridized carbons (Fsp3) is 0.105. The Morgan fingerprint density at radius 3 is 2.44 bits per heavy atom. The first-order valence-electron chi connectivity index (χ1n) is 7.78. The molecule has 3 aromatic rings. The van der Waals surface area contributed by atoms with Crippen LogP contribution in [0.4, 0.5) is 23.0 Å². The van der Waals surface area contributed by atoms with Crippen LogP contribution in [0.15, 0.2) is 60.7 Å². The van der Waals surface area contributed by atoms with E-state index in [-0.39, 0.29) is 5.56 Å². The zero-order chi connectivity index (χ0) is 17.8. The number of aromatic nitrogens is 2. The molecule has 0 atom stereocenters. The molecule has 2 aromatic carbocycles. The van der Waals surface area contributed by atoms with Gasteiger partial charge in [0.25, 0.3) is 0 Å². The summed E-state index contributed by atoms with van der Waals surface area (Å²) in [6.07, 6.45) is 0. The van der Waals surface area contributed by atoms with Crippen molar-refractivity contribution in [3.8, 4) is 0 Å². The van der Waals surface area contributed by atoms with Gasteiger partial charge in [-0.05, 0) is 31.2 Å². The van der Waals surface area contributed by atoms with Crippen molar-refractivity contribution in [2.45, 2.75) is 6.92 Å². The van der Waals surface area contributed by atoms with E-state index in [9.17, 15) is 9.90 Å². The van der Waals surface area contributed by atoms with Crippen molar-refractivity contribution in [1.82, 2.24) is 9.97 Å². The van der Waals surface area contributed by atoms with Gasteiger partial charge >= 0.3 is 5.97 Å². The maximum absolute atomic E-state index is 11.4. The highest BCUT2D eigenvalue weighted by molar-refractivity contribution is 5.95. The van der Waals surface area contributed by atoms with E-state index in [4.69, 9.17) is 0 Å². The van der Waals surface area contributed by atoms with E-state index in [0.717, 1.165) is 5.69 Å². The Kier molecular flexibility index (Phi) is 4.61. The monoisotopic (exact) mass is 334 g/mol. The van der Waals surface area contributed by atoms with Gasteiger partial charge in [-0.15, -0.1) is 0 Å². The third-order valence-electron chi connectivity index (χ3n) is 3.73. The molecule has 0 radical (unpaired) electrons. The van der Waals surface area contributed by atoms with Crippen molar-refractivity contribution >= 4 is 29.0 Å². The molecule has 0 unspecified atom stereocenters. The van der Waals surface area contributed by atoms with Gasteiger partial charge in [0, 0.05) is 18.8 Å². The number of nitrogens with zero attached hydrogens (tertiary/aromatic N) is 3. The number of hydrogen-bond acceptors (Lipinski definition) is 5. The minimum atomic E-state index is -0.990. The number of benzene rings is 2. The van der Waals surface area contributed by atoms with Gasteiger partial charge in [-0.3, -0.25) is 0 Å². The molecule has 0 spiro atoms. The summed E-state index contributed by atoms with van der Waals surface area (Å²) in [5.74, 6) is 0.860. The van der Waals surface area contributed by atoms with Crippen LogP contribution in [0.1, 0.15) is 16.2 Å². The van der Waals surface area contributed by atoms with E-state index in [1.807, 2.05) is 42.3 Å². The second-order valence-electron chi connectivity index (χ2n) is 5.53. The Bertz CT molecular complexity index is 897. The smallest absolute Gasteiger partial charge is 0.337 e. The highest BCUT2D eigenvalue weighted by Crippen LogP contribution is 2.26. The molecule has 126 valence electrons. The summed E-state index contributed by atoms with van der Waals surface area (Å²) in [5, 5.41) is 12.4. The van der Waals surface area contributed by atoms with Crippen LogP contribution in [0.25, 0.3) is 0 Å². The second kappa shape index (κ2) is 7.00. The lowest BCUT2D eigenvalue weighted by atomic mass is 10.2. The molecule has 1 heterocycles. The predicted molar refractivity (Wildman–Crippen MR) is 98.0 cm³/mol. The van der Waals surface area contributed by atoms with Crippen molar-refractivity contribution in [3.05, 3.63) is 72.1 Å². The second-order valence-corrected chi connectivity index (χ2v) is 5.53. The number of carboxylic acids is 1. The van der Waals surface area contributed by atoms with Crippen molar-refractivity contribution < 1.29 is 9.90 Å². The Morgan fingerprint density at radius 2 is 1.72 bits per heavy atom. The first-order chi connectivity index (χ1) is 12.0. The zero-order valence-corrected chi connectivity index (χ0v) is 14.0. The Hall–Kier alpha value is -3.41. The number of para-hydroxylation sites is 2. The van der Waals surface area contributed by atoms with Crippen LogP contribution in [-0.4, -0.2) is 28.1 Å². The molecular formula is C19H18N4O2. The van der Waals surface area contributed by atoms with E-state index in [2.05, 4.69) is 15.3 Å². The van der Waals surface area contributed by atoms with Gasteiger partial charge in [-0.2, -0.15) is 0 Å². The largest absolute Gasteiger partial charge is 0.478 e. The predicted octanol–water partition coefficient (Wildman–Crippen LogP) is 3.99. The molecule has 0 fully saturated rings. The molecule has 0 aliphatic heterocycles. The number of carbonyl (C=O) groups is 1. The molecule has 2 N–H and O–H groups in total. The van der Waals surface area contributed by atoms with Crippen molar-refractivity contribution in [3.63, 3.8) is 0 Å². The van der Waals surface area contributed by atoms with Gasteiger partial charge < -0.3 is 15.3 Å². The van der Waals surface area contributed by atoms with Crippen LogP contribution in [0.5, 0.6) is 0 Å². The number of aromatic carboxylic acids is 1. The Morgan fingerprint density at radius 1 is 1.04 bits per heavy atom. The minimum absolute atomic E-state index is 0.191. The zero-order valence-electron chi connectivity index (χ0n) is 14.0. The Labute approximate surface area is 145 Å². The topological polar surface area (TPSA) is 78.3 Å². The van der Waals surface area contributed by atoms with Gasteiger partial charge in [0.1, 0.15) is 17.5 Å². The number of hydrogen-bond donors (Lipinski definition) is 2. The summed E-state index contributed by atoms with van der Waals surface area (Å²) in [5.41, 5.74) is 1.68. The third-order valence-corrected chi connectivity index (χ3v) is 3.73. The molecule has 0 aliphatic rings. The minimum Gasteiger partial charge on any atom is -0.478 e. The normalized spacial score (nSPS) is 10.3. The quantitative estimate of drug-likeness (QED) is 0.734. The SMILES string of the molecule is Cc1nc(Nc2ccccc2C(=O)O)cc(N(C)c2ccccc2)n1. The highest BCUT2D eigenvalue weighted by atomic mass is 16.4. The van der Waals surface area contributed by atoms with Crippen molar-refractivity contribution in [1.29, 1.82) is 0 Å². The van der Waals surface area contributed by atoms with Gasteiger partial charge in [0.05, 0.1) is 11.3 Å². The average Bonchev–Trinajstić information content (AvgIpc) is 2.61. The molecule has 25 heavy (non-hydrogen) atoms. The maximum atomic E-state index is 11.4. The van der Waals surface area contributed by atoms with Crippen LogP contribution >= 0.6 is 0 Å². The molecule has 0 amide bonds. The molecule has 1 aromatic heterocycles. The summed E-state index contributed by atoms with van der Waals surface area (Å²) in [6.45, 7) is 1.80. The number of carboxylic acid groups (broad SMARTS) is 1. The van der Waals surface area contributed by atoms with Crippen LogP contribution < -0.4 is 10.2 Å². The van der Waals surface area contributed by atoms with E-state index < -0.39 is 5.97 Å². The van der Waals surface area contributed by atoms with Gasteiger partial charge in [-0.25, -0.2) is 14.8 Å². The average molecular weight is 334 g/mol. The van der Waals surface area contributed by atoms with Crippen LogP contribution in [-0.2, 0) is 0 Å². The summed E-state index contributed by atoms with van der Waals surface area (Å²) < 4.78 is 0. The van der Waals surface area contributed by atoms with Crippen LogP contribution in [0, 0.1) is 6.92 Å². The van der Waals surface area contributed by atoms with E-state index >= 15 is 0 Å². The summed E-state index contributed by atoms with van der Waals surface area (Å²) >= 11 is 0. The first-order valence-corrected chi connectivity index (χ1v) is 7.78. The lowest BCUT2D eigenvalue weighted by Gasteiger charge is -2.19. The van der Waals surface area contributed by atoms with Crippen molar-refractivity contribution in [2.24, 2.45) is 0 Å². The van der Waals surface area contributed by atoms with Gasteiger partial charge in [-0.1, -0.05) is 30.3 Å². The van der Waals surface area contributed by atoms with E-state index in [0.29, 0.717) is 23.1 Å². The highest BCUT2D eigenvalue weighted by Gasteiger charge is 2.12. The lowest BCUT2D eigenvalue weighted by molar-refractivity contribution is 0.0698. The molecule has 0 aliphatic carbocycles. The summed E-state index contributed by atoms with van der Waals surface area (Å²) in [4.78, 5) is 22.1. The standard InChI is InChI=1S/C19H18N4O2/c1-13-20-17(22-16-11-7-6-10-15(16)19(24)25)12-18(21-13)23(2)14-8-4-3-5-9-14/h3-12H,1-2H3,(H,24,25)(H,20,21,22). The number of nitrogens with one attached hydrogen (secondary N) is 1. The molecular weight excluding hydrogens is 316 g/mol. The third kappa shape index (κ3) is 3.74. The van der Waals surface area contributed by atoms with Crippen LogP contribution in [0.3, 0.4) is 0 Å². The summed E-state index contributed by atoms with van der Waals surface area (Å²) in [7, 11) is 1.92. The molecule has 6 nitrogen and oxygen atoms in total. The lowest BCUT2D eigenvalue weighted by Crippen LogP contribution is -2.13. The van der Waals surface area contributed by atoms with E-state index in [1.165, 1.54) is 0 Å². The number of aryl methyl sites for hydroxylation is 1. The number of anilines is 4.